The first-order valence-corrected chi connectivity index (χ1v) is 7.36. The average molecular weight is 297 g/mol. The number of hydrogen-bond donors (Lipinski definition) is 1. The summed E-state index contributed by atoms with van der Waals surface area (Å²) in [4.78, 5) is 5.67. The number of nitrogens with zero attached hydrogens (tertiary/aromatic N) is 1. The van der Waals surface area contributed by atoms with Gasteiger partial charge in [0.2, 0.25) is 0 Å². The van der Waals surface area contributed by atoms with E-state index in [4.69, 9.17) is 22.1 Å². The molecule has 0 saturated carbocycles. The van der Waals surface area contributed by atoms with Crippen molar-refractivity contribution < 1.29 is 4.74 Å². The van der Waals surface area contributed by atoms with Crippen molar-refractivity contribution in [1.82, 2.24) is 4.98 Å². The van der Waals surface area contributed by atoms with Crippen LogP contribution < -0.4 is 10.5 Å². The SMILES string of the molecule is Cc1nc(CCOc2ccc(Cl)cc2)sc1C(C)N. The molecule has 2 N–H and O–H groups in total. The van der Waals surface area contributed by atoms with Crippen LogP contribution in [0.1, 0.15) is 28.5 Å². The number of nitrogens with two attached hydrogens (primary N) is 1. The van der Waals surface area contributed by atoms with Gasteiger partial charge in [0.25, 0.3) is 0 Å². The summed E-state index contributed by atoms with van der Waals surface area (Å²) < 4.78 is 5.65. The Morgan fingerprint density at radius 3 is 2.63 bits per heavy atom. The Kier molecular flexibility index (Phi) is 4.80. The van der Waals surface area contributed by atoms with Gasteiger partial charge in [-0.05, 0) is 38.1 Å². The van der Waals surface area contributed by atoms with Crippen LogP contribution in [0.2, 0.25) is 5.02 Å². The second-order valence-electron chi connectivity index (χ2n) is 4.40. The molecule has 19 heavy (non-hydrogen) atoms. The highest BCUT2D eigenvalue weighted by Gasteiger charge is 2.10. The van der Waals surface area contributed by atoms with Crippen LogP contribution >= 0.6 is 22.9 Å². The monoisotopic (exact) mass is 296 g/mol. The van der Waals surface area contributed by atoms with Gasteiger partial charge in [-0.2, -0.15) is 0 Å². The summed E-state index contributed by atoms with van der Waals surface area (Å²) in [6.07, 6.45) is 0.793. The van der Waals surface area contributed by atoms with E-state index < -0.39 is 0 Å². The van der Waals surface area contributed by atoms with Crippen LogP contribution in [0.4, 0.5) is 0 Å². The molecule has 0 fully saturated rings. The predicted molar refractivity (Wildman–Crippen MR) is 80.1 cm³/mol. The lowest BCUT2D eigenvalue weighted by molar-refractivity contribution is 0.321. The molecule has 1 unspecified atom stereocenters. The molecular weight excluding hydrogens is 280 g/mol. The number of rotatable bonds is 5. The Bertz CT molecular complexity index is 537. The minimum atomic E-state index is 0.0448. The van der Waals surface area contributed by atoms with Crippen LogP contribution in [0.5, 0.6) is 5.75 Å². The average Bonchev–Trinajstić information content (AvgIpc) is 2.73. The summed E-state index contributed by atoms with van der Waals surface area (Å²) in [5.74, 6) is 0.824. The topological polar surface area (TPSA) is 48.1 Å². The molecule has 0 radical (unpaired) electrons. The number of aromatic nitrogens is 1. The summed E-state index contributed by atoms with van der Waals surface area (Å²) in [6, 6.07) is 7.41. The van der Waals surface area contributed by atoms with Crippen LogP contribution in [0, 0.1) is 6.92 Å². The van der Waals surface area contributed by atoms with Crippen LogP contribution in [0.15, 0.2) is 24.3 Å². The van der Waals surface area contributed by atoms with Gasteiger partial charge in [0, 0.05) is 22.4 Å². The van der Waals surface area contributed by atoms with Crippen LogP contribution in [-0.4, -0.2) is 11.6 Å². The van der Waals surface area contributed by atoms with Crippen LogP contribution in [0.3, 0.4) is 0 Å². The van der Waals surface area contributed by atoms with Gasteiger partial charge in [-0.3, -0.25) is 0 Å². The fraction of sp³-hybridized carbons (Fsp3) is 0.357. The Balaban J connectivity index is 1.89. The molecule has 0 aliphatic heterocycles. The maximum atomic E-state index is 5.89. The van der Waals surface area contributed by atoms with E-state index in [1.165, 1.54) is 0 Å². The van der Waals surface area contributed by atoms with E-state index in [1.54, 1.807) is 11.3 Å². The van der Waals surface area contributed by atoms with E-state index in [0.717, 1.165) is 27.7 Å². The van der Waals surface area contributed by atoms with Crippen molar-refractivity contribution in [3.05, 3.63) is 44.9 Å². The Morgan fingerprint density at radius 2 is 2.05 bits per heavy atom. The number of hydrogen-bond acceptors (Lipinski definition) is 4. The summed E-state index contributed by atoms with van der Waals surface area (Å²) in [7, 11) is 0. The minimum absolute atomic E-state index is 0.0448. The molecule has 3 nitrogen and oxygen atoms in total. The van der Waals surface area contributed by atoms with Crippen molar-refractivity contribution in [3.8, 4) is 5.75 Å². The third-order valence-corrected chi connectivity index (χ3v) is 4.36. The largest absolute Gasteiger partial charge is 0.493 e. The smallest absolute Gasteiger partial charge is 0.119 e. The van der Waals surface area contributed by atoms with Crippen molar-refractivity contribution in [3.63, 3.8) is 0 Å². The highest BCUT2D eigenvalue weighted by molar-refractivity contribution is 7.11. The van der Waals surface area contributed by atoms with Gasteiger partial charge >= 0.3 is 0 Å². The highest BCUT2D eigenvalue weighted by atomic mass is 35.5. The van der Waals surface area contributed by atoms with E-state index in [2.05, 4.69) is 4.98 Å². The number of aryl methyl sites for hydroxylation is 1. The standard InChI is InChI=1S/C14H17ClN2OS/c1-9(16)14-10(2)17-13(19-14)7-8-18-12-5-3-11(15)4-6-12/h3-6,9H,7-8,16H2,1-2H3. The minimum Gasteiger partial charge on any atom is -0.493 e. The molecule has 2 aromatic rings. The molecule has 0 aliphatic carbocycles. The summed E-state index contributed by atoms with van der Waals surface area (Å²) in [5, 5.41) is 1.78. The molecule has 2 rings (SSSR count). The maximum absolute atomic E-state index is 5.89. The van der Waals surface area contributed by atoms with Crippen molar-refractivity contribution in [2.75, 3.05) is 6.61 Å². The van der Waals surface area contributed by atoms with Crippen molar-refractivity contribution in [2.45, 2.75) is 26.3 Å². The normalized spacial score (nSPS) is 12.4. The van der Waals surface area contributed by atoms with Gasteiger partial charge < -0.3 is 10.5 Å². The van der Waals surface area contributed by atoms with Gasteiger partial charge in [0.1, 0.15) is 5.75 Å². The molecule has 1 aromatic carbocycles. The third kappa shape index (κ3) is 3.93. The van der Waals surface area contributed by atoms with Gasteiger partial charge in [-0.25, -0.2) is 4.98 Å². The van der Waals surface area contributed by atoms with Gasteiger partial charge in [-0.1, -0.05) is 11.6 Å². The fourth-order valence-electron chi connectivity index (χ4n) is 1.78. The van der Waals surface area contributed by atoms with Gasteiger partial charge in [-0.15, -0.1) is 11.3 Å². The third-order valence-electron chi connectivity index (χ3n) is 2.69. The lowest BCUT2D eigenvalue weighted by atomic mass is 10.2. The zero-order valence-corrected chi connectivity index (χ0v) is 12.6. The van der Waals surface area contributed by atoms with E-state index >= 15 is 0 Å². The summed E-state index contributed by atoms with van der Waals surface area (Å²) in [5.41, 5.74) is 6.92. The Morgan fingerprint density at radius 1 is 1.37 bits per heavy atom. The molecule has 1 aromatic heterocycles. The predicted octanol–water partition coefficient (Wildman–Crippen LogP) is 3.75. The molecule has 5 heteroatoms. The van der Waals surface area contributed by atoms with Crippen LogP contribution in [0.25, 0.3) is 0 Å². The number of ether oxygens (including phenoxy) is 1. The highest BCUT2D eigenvalue weighted by Crippen LogP contribution is 2.24. The molecular formula is C14H17ClN2OS. The Labute approximate surface area is 122 Å². The second kappa shape index (κ2) is 6.37. The number of halogens is 1. The molecule has 102 valence electrons. The molecule has 0 spiro atoms. The molecule has 1 atom stereocenters. The quantitative estimate of drug-likeness (QED) is 0.914. The first kappa shape index (κ1) is 14.3. The lowest BCUT2D eigenvalue weighted by Gasteiger charge is -2.04. The van der Waals surface area contributed by atoms with E-state index in [-0.39, 0.29) is 6.04 Å². The zero-order chi connectivity index (χ0) is 13.8. The molecule has 0 saturated heterocycles. The van der Waals surface area contributed by atoms with E-state index in [9.17, 15) is 0 Å². The van der Waals surface area contributed by atoms with Gasteiger partial charge in [0.05, 0.1) is 17.3 Å². The molecule has 0 bridgehead atoms. The molecule has 1 heterocycles. The molecule has 0 aliphatic rings. The summed E-state index contributed by atoms with van der Waals surface area (Å²) >= 11 is 7.48. The lowest BCUT2D eigenvalue weighted by Crippen LogP contribution is -2.03. The van der Waals surface area contributed by atoms with Crippen molar-refractivity contribution in [2.24, 2.45) is 5.73 Å². The first-order chi connectivity index (χ1) is 9.06. The zero-order valence-electron chi connectivity index (χ0n) is 11.0. The fourth-order valence-corrected chi connectivity index (χ4v) is 2.91. The van der Waals surface area contributed by atoms with Crippen molar-refractivity contribution in [1.29, 1.82) is 0 Å². The summed E-state index contributed by atoms with van der Waals surface area (Å²) in [6.45, 7) is 4.58. The number of benzene rings is 1. The van der Waals surface area contributed by atoms with E-state index in [0.29, 0.717) is 11.6 Å². The van der Waals surface area contributed by atoms with Crippen molar-refractivity contribution >= 4 is 22.9 Å². The van der Waals surface area contributed by atoms with Crippen LogP contribution in [-0.2, 0) is 6.42 Å². The second-order valence-corrected chi connectivity index (χ2v) is 5.95. The maximum Gasteiger partial charge on any atom is 0.119 e. The van der Waals surface area contributed by atoms with Gasteiger partial charge in [0.15, 0.2) is 0 Å². The molecule has 0 amide bonds. The Hall–Kier alpha value is -1.10. The first-order valence-electron chi connectivity index (χ1n) is 6.16. The van der Waals surface area contributed by atoms with E-state index in [1.807, 2.05) is 38.1 Å². The number of thiazole rings is 1.